The van der Waals surface area contributed by atoms with Crippen LogP contribution in [0.4, 0.5) is 20.6 Å². The fourth-order valence-electron chi connectivity index (χ4n) is 2.41. The van der Waals surface area contributed by atoms with E-state index in [0.29, 0.717) is 22.5 Å². The standard InChI is InChI=1S/C19H22FN3O4/c1-23(2)16-10-13(18(25)27-3)6-9-15(16)22-19(26)21-11-17(24)12-4-7-14(20)8-5-12/h4-10,17,24H,11H2,1-3H3,(H2,21,22,26)/t17-/m0/s1. The Morgan fingerprint density at radius 3 is 2.44 bits per heavy atom. The number of anilines is 2. The highest BCUT2D eigenvalue weighted by molar-refractivity contribution is 5.96. The van der Waals surface area contributed by atoms with Crippen LogP contribution in [-0.4, -0.2) is 44.9 Å². The van der Waals surface area contributed by atoms with Crippen LogP contribution >= 0.6 is 0 Å². The zero-order valence-corrected chi connectivity index (χ0v) is 15.3. The van der Waals surface area contributed by atoms with Crippen LogP contribution in [0.5, 0.6) is 0 Å². The molecule has 2 rings (SSSR count). The van der Waals surface area contributed by atoms with Crippen molar-refractivity contribution in [3.05, 3.63) is 59.4 Å². The molecule has 7 nitrogen and oxygen atoms in total. The lowest BCUT2D eigenvalue weighted by atomic mass is 10.1. The number of aliphatic hydroxyl groups excluding tert-OH is 1. The molecule has 0 spiro atoms. The number of nitrogens with one attached hydrogen (secondary N) is 2. The number of halogens is 1. The molecule has 0 bridgehead atoms. The Bertz CT molecular complexity index is 809. The van der Waals surface area contributed by atoms with Crippen LogP contribution in [0.15, 0.2) is 42.5 Å². The van der Waals surface area contributed by atoms with Crippen LogP contribution in [-0.2, 0) is 4.74 Å². The molecule has 0 fully saturated rings. The summed E-state index contributed by atoms with van der Waals surface area (Å²) in [4.78, 5) is 25.6. The van der Waals surface area contributed by atoms with E-state index < -0.39 is 23.9 Å². The molecule has 27 heavy (non-hydrogen) atoms. The molecule has 0 unspecified atom stereocenters. The maximum absolute atomic E-state index is 12.9. The quantitative estimate of drug-likeness (QED) is 0.675. The van der Waals surface area contributed by atoms with Gasteiger partial charge in [0.25, 0.3) is 0 Å². The second kappa shape index (κ2) is 9.00. The van der Waals surface area contributed by atoms with E-state index in [0.717, 1.165) is 0 Å². The second-order valence-corrected chi connectivity index (χ2v) is 6.02. The molecule has 2 aromatic carbocycles. The van der Waals surface area contributed by atoms with E-state index in [4.69, 9.17) is 4.74 Å². The molecular formula is C19H22FN3O4. The predicted octanol–water partition coefficient (Wildman–Crippen LogP) is 2.53. The minimum Gasteiger partial charge on any atom is -0.465 e. The summed E-state index contributed by atoms with van der Waals surface area (Å²) in [6, 6.07) is 9.61. The summed E-state index contributed by atoms with van der Waals surface area (Å²) in [5, 5.41) is 15.3. The highest BCUT2D eigenvalue weighted by Crippen LogP contribution is 2.26. The monoisotopic (exact) mass is 375 g/mol. The Morgan fingerprint density at radius 2 is 1.85 bits per heavy atom. The van der Waals surface area contributed by atoms with Crippen molar-refractivity contribution in [3.63, 3.8) is 0 Å². The summed E-state index contributed by atoms with van der Waals surface area (Å²) in [5.41, 5.74) is 1.96. The number of aliphatic hydroxyl groups is 1. The average molecular weight is 375 g/mol. The molecule has 8 heteroatoms. The first-order valence-corrected chi connectivity index (χ1v) is 8.20. The van der Waals surface area contributed by atoms with Gasteiger partial charge in [-0.3, -0.25) is 0 Å². The number of benzene rings is 2. The molecular weight excluding hydrogens is 353 g/mol. The van der Waals surface area contributed by atoms with E-state index in [2.05, 4.69) is 10.6 Å². The summed E-state index contributed by atoms with van der Waals surface area (Å²) in [6.07, 6.45) is -0.966. The van der Waals surface area contributed by atoms with Crippen LogP contribution in [0.25, 0.3) is 0 Å². The van der Waals surface area contributed by atoms with Crippen LogP contribution < -0.4 is 15.5 Å². The number of carbonyl (C=O) groups is 2. The molecule has 2 aromatic rings. The average Bonchev–Trinajstić information content (AvgIpc) is 2.66. The van der Waals surface area contributed by atoms with Crippen molar-refractivity contribution in [2.24, 2.45) is 0 Å². The number of esters is 1. The van der Waals surface area contributed by atoms with Gasteiger partial charge in [0, 0.05) is 20.6 Å². The zero-order valence-electron chi connectivity index (χ0n) is 15.3. The largest absolute Gasteiger partial charge is 0.465 e. The first-order chi connectivity index (χ1) is 12.8. The lowest BCUT2D eigenvalue weighted by Gasteiger charge is -2.19. The highest BCUT2D eigenvalue weighted by atomic mass is 19.1. The molecule has 0 aromatic heterocycles. The number of ether oxygens (including phenoxy) is 1. The summed E-state index contributed by atoms with van der Waals surface area (Å²) < 4.78 is 17.6. The Balaban J connectivity index is 2.02. The lowest BCUT2D eigenvalue weighted by Crippen LogP contribution is -2.33. The van der Waals surface area contributed by atoms with E-state index in [1.165, 1.54) is 31.4 Å². The molecule has 0 saturated heterocycles. The Labute approximate surface area is 156 Å². The van der Waals surface area contributed by atoms with Crippen molar-refractivity contribution in [1.29, 1.82) is 0 Å². The maximum Gasteiger partial charge on any atom is 0.337 e. The summed E-state index contributed by atoms with van der Waals surface area (Å²) >= 11 is 0. The molecule has 0 radical (unpaired) electrons. The van der Waals surface area contributed by atoms with Crippen molar-refractivity contribution >= 4 is 23.4 Å². The lowest BCUT2D eigenvalue weighted by molar-refractivity contribution is 0.0601. The number of carbonyl (C=O) groups excluding carboxylic acids is 2. The van der Waals surface area contributed by atoms with Gasteiger partial charge in [0.05, 0.1) is 30.2 Å². The minimum absolute atomic E-state index is 0.0466. The number of urea groups is 1. The topological polar surface area (TPSA) is 90.9 Å². The molecule has 0 aliphatic rings. The predicted molar refractivity (Wildman–Crippen MR) is 100 cm³/mol. The van der Waals surface area contributed by atoms with E-state index in [9.17, 15) is 19.1 Å². The number of hydrogen-bond acceptors (Lipinski definition) is 5. The van der Waals surface area contributed by atoms with Crippen molar-refractivity contribution in [2.75, 3.05) is 38.0 Å². The van der Waals surface area contributed by atoms with Gasteiger partial charge in [-0.15, -0.1) is 0 Å². The molecule has 0 heterocycles. The van der Waals surface area contributed by atoms with Crippen molar-refractivity contribution in [3.8, 4) is 0 Å². The molecule has 0 aliphatic heterocycles. The summed E-state index contributed by atoms with van der Waals surface area (Å²) in [5.74, 6) is -0.875. The van der Waals surface area contributed by atoms with E-state index in [-0.39, 0.29) is 6.54 Å². The number of nitrogens with zero attached hydrogens (tertiary/aromatic N) is 1. The normalized spacial score (nSPS) is 11.4. The smallest absolute Gasteiger partial charge is 0.337 e. The van der Waals surface area contributed by atoms with E-state index >= 15 is 0 Å². The SMILES string of the molecule is COC(=O)c1ccc(NC(=O)NC[C@H](O)c2ccc(F)cc2)c(N(C)C)c1. The van der Waals surface area contributed by atoms with Crippen molar-refractivity contribution in [1.82, 2.24) is 5.32 Å². The van der Waals surface area contributed by atoms with Crippen LogP contribution in [0, 0.1) is 5.82 Å². The number of methoxy groups -OCH3 is 1. The molecule has 0 aliphatic carbocycles. The second-order valence-electron chi connectivity index (χ2n) is 6.02. The summed E-state index contributed by atoms with van der Waals surface area (Å²) in [6.45, 7) is -0.0466. The van der Waals surface area contributed by atoms with Crippen LogP contribution in [0.3, 0.4) is 0 Å². The number of rotatable bonds is 6. The van der Waals surface area contributed by atoms with Crippen molar-refractivity contribution in [2.45, 2.75) is 6.10 Å². The van der Waals surface area contributed by atoms with Crippen LogP contribution in [0.2, 0.25) is 0 Å². The molecule has 2 amide bonds. The fraction of sp³-hybridized carbons (Fsp3) is 0.263. The van der Waals surface area contributed by atoms with Gasteiger partial charge in [0.1, 0.15) is 5.82 Å². The Morgan fingerprint density at radius 1 is 1.19 bits per heavy atom. The van der Waals surface area contributed by atoms with E-state index in [1.54, 1.807) is 37.2 Å². The van der Waals surface area contributed by atoms with Crippen LogP contribution in [0.1, 0.15) is 22.0 Å². The minimum atomic E-state index is -0.966. The van der Waals surface area contributed by atoms with Gasteiger partial charge in [-0.1, -0.05) is 12.1 Å². The maximum atomic E-state index is 12.9. The molecule has 1 atom stereocenters. The van der Waals surface area contributed by atoms with Gasteiger partial charge in [0.15, 0.2) is 0 Å². The van der Waals surface area contributed by atoms with Gasteiger partial charge < -0.3 is 25.4 Å². The first-order valence-electron chi connectivity index (χ1n) is 8.20. The summed E-state index contributed by atoms with van der Waals surface area (Å²) in [7, 11) is 4.85. The van der Waals surface area contributed by atoms with Gasteiger partial charge in [-0.25, -0.2) is 14.0 Å². The van der Waals surface area contributed by atoms with Gasteiger partial charge in [-0.05, 0) is 35.9 Å². The van der Waals surface area contributed by atoms with Gasteiger partial charge >= 0.3 is 12.0 Å². The zero-order chi connectivity index (χ0) is 20.0. The van der Waals surface area contributed by atoms with Gasteiger partial charge in [-0.2, -0.15) is 0 Å². The third-order valence-corrected chi connectivity index (χ3v) is 3.86. The third-order valence-electron chi connectivity index (χ3n) is 3.86. The number of amides is 2. The van der Waals surface area contributed by atoms with Gasteiger partial charge in [0.2, 0.25) is 0 Å². The first kappa shape index (κ1) is 20.2. The molecule has 144 valence electrons. The highest BCUT2D eigenvalue weighted by Gasteiger charge is 2.14. The Kier molecular flexibility index (Phi) is 6.73. The van der Waals surface area contributed by atoms with E-state index in [1.807, 2.05) is 0 Å². The Hall–Kier alpha value is -3.13. The third kappa shape index (κ3) is 5.42. The van der Waals surface area contributed by atoms with Crippen molar-refractivity contribution < 1.29 is 23.8 Å². The number of hydrogen-bond donors (Lipinski definition) is 3. The molecule has 0 saturated carbocycles. The molecule has 3 N–H and O–H groups in total. The fourth-order valence-corrected chi connectivity index (χ4v) is 2.41.